The maximum Gasteiger partial charge on any atom is 0.573 e. The van der Waals surface area contributed by atoms with Gasteiger partial charge in [0.2, 0.25) is 0 Å². The van der Waals surface area contributed by atoms with Gasteiger partial charge in [-0.05, 0) is 36.4 Å². The summed E-state index contributed by atoms with van der Waals surface area (Å²) in [6.45, 7) is 0. The number of nitrogens with one attached hydrogen (secondary N) is 2. The summed E-state index contributed by atoms with van der Waals surface area (Å²) in [5, 5.41) is 11.8. The summed E-state index contributed by atoms with van der Waals surface area (Å²) in [5.74, 6) is -2.47. The fourth-order valence-electron chi connectivity index (χ4n) is 2.35. The lowest BCUT2D eigenvalue weighted by atomic mass is 10.2. The van der Waals surface area contributed by atoms with E-state index in [-0.39, 0.29) is 21.6 Å². The zero-order valence-corrected chi connectivity index (χ0v) is 13.4. The number of carboxylic acids is 1. The van der Waals surface area contributed by atoms with Crippen LogP contribution in [0.4, 0.5) is 28.9 Å². The average molecular weight is 389 g/mol. The monoisotopic (exact) mass is 388 g/mol. The number of carbonyl (C=O) groups is 1. The van der Waals surface area contributed by atoms with E-state index in [4.69, 9.17) is 16.7 Å². The maximum atomic E-state index is 13.9. The minimum absolute atomic E-state index is 0.0180. The Bertz CT molecular complexity index is 1000. The molecule has 0 spiro atoms. The topological polar surface area (TPSA) is 74.3 Å². The van der Waals surface area contributed by atoms with Gasteiger partial charge in [-0.2, -0.15) is 0 Å². The van der Waals surface area contributed by atoms with E-state index in [1.165, 1.54) is 24.3 Å². The van der Waals surface area contributed by atoms with Gasteiger partial charge in [-0.1, -0.05) is 11.6 Å². The summed E-state index contributed by atoms with van der Waals surface area (Å²) in [5.41, 5.74) is 0.414. The van der Waals surface area contributed by atoms with Gasteiger partial charge >= 0.3 is 12.3 Å². The molecule has 1 heterocycles. The molecule has 0 saturated heterocycles. The van der Waals surface area contributed by atoms with Crippen LogP contribution in [-0.4, -0.2) is 22.4 Å². The highest BCUT2D eigenvalue weighted by molar-refractivity contribution is 6.32. The Kier molecular flexibility index (Phi) is 4.41. The first-order valence-corrected chi connectivity index (χ1v) is 7.38. The second-order valence-corrected chi connectivity index (χ2v) is 5.60. The van der Waals surface area contributed by atoms with Crippen LogP contribution in [0.2, 0.25) is 5.02 Å². The zero-order valence-electron chi connectivity index (χ0n) is 12.6. The lowest BCUT2D eigenvalue weighted by Gasteiger charge is -2.13. The molecule has 0 amide bonds. The van der Waals surface area contributed by atoms with E-state index in [0.717, 1.165) is 12.1 Å². The van der Waals surface area contributed by atoms with Gasteiger partial charge in [0.05, 0.1) is 10.5 Å². The first-order valence-electron chi connectivity index (χ1n) is 7.01. The van der Waals surface area contributed by atoms with E-state index in [1.54, 1.807) is 0 Å². The zero-order chi connectivity index (χ0) is 19.1. The third-order valence-electron chi connectivity index (χ3n) is 3.41. The summed E-state index contributed by atoms with van der Waals surface area (Å²) >= 11 is 5.78. The molecule has 26 heavy (non-hydrogen) atoms. The van der Waals surface area contributed by atoms with Gasteiger partial charge in [0, 0.05) is 16.8 Å². The van der Waals surface area contributed by atoms with Gasteiger partial charge in [-0.15, -0.1) is 13.2 Å². The van der Waals surface area contributed by atoms with E-state index >= 15 is 0 Å². The van der Waals surface area contributed by atoms with Crippen LogP contribution >= 0.6 is 11.6 Å². The highest BCUT2D eigenvalue weighted by Crippen LogP contribution is 2.34. The predicted octanol–water partition coefficient (Wildman–Crippen LogP) is 5.30. The normalized spacial score (nSPS) is 11.6. The van der Waals surface area contributed by atoms with Crippen LogP contribution in [0.25, 0.3) is 10.9 Å². The molecule has 0 unspecified atom stereocenters. The Labute approximate surface area is 148 Å². The van der Waals surface area contributed by atoms with Crippen molar-refractivity contribution in [2.75, 3.05) is 5.32 Å². The summed E-state index contributed by atoms with van der Waals surface area (Å²) in [7, 11) is 0. The molecule has 1 aromatic heterocycles. The van der Waals surface area contributed by atoms with Gasteiger partial charge in [0.15, 0.2) is 0 Å². The molecule has 0 saturated carbocycles. The standard InChI is InChI=1S/C16H9ClF4N2O3/c17-9-5-7(1-4-13(9)26-16(19,20)21)22-11-3-2-10(18)14-8(11)6-12(23-14)15(24)25/h1-6,22-23H,(H,24,25). The van der Waals surface area contributed by atoms with Crippen LogP contribution in [0, 0.1) is 5.82 Å². The lowest BCUT2D eigenvalue weighted by molar-refractivity contribution is -0.274. The maximum absolute atomic E-state index is 13.9. The molecular weight excluding hydrogens is 380 g/mol. The number of H-pyrrole nitrogens is 1. The number of carboxylic acid groups (broad SMARTS) is 1. The molecule has 0 fully saturated rings. The Balaban J connectivity index is 1.95. The number of hydrogen-bond acceptors (Lipinski definition) is 3. The van der Waals surface area contributed by atoms with E-state index < -0.39 is 23.9 Å². The molecule has 0 aliphatic rings. The van der Waals surface area contributed by atoms with Crippen LogP contribution in [0.3, 0.4) is 0 Å². The van der Waals surface area contributed by atoms with Gasteiger partial charge in [-0.25, -0.2) is 9.18 Å². The summed E-state index contributed by atoms with van der Waals surface area (Å²) in [4.78, 5) is 13.5. The van der Waals surface area contributed by atoms with E-state index in [0.29, 0.717) is 11.4 Å². The van der Waals surface area contributed by atoms with E-state index in [9.17, 15) is 22.4 Å². The molecule has 0 atom stereocenters. The largest absolute Gasteiger partial charge is 0.573 e. The molecule has 136 valence electrons. The SMILES string of the molecule is O=C(O)c1cc2c(Nc3ccc(OC(F)(F)F)c(Cl)c3)ccc(F)c2[nH]1. The van der Waals surface area contributed by atoms with E-state index in [1.807, 2.05) is 0 Å². The number of rotatable bonds is 4. The van der Waals surface area contributed by atoms with Crippen molar-refractivity contribution in [2.24, 2.45) is 0 Å². The van der Waals surface area contributed by atoms with Crippen LogP contribution in [0.5, 0.6) is 5.75 Å². The van der Waals surface area contributed by atoms with Crippen LogP contribution in [-0.2, 0) is 0 Å². The quantitative estimate of drug-likeness (QED) is 0.530. The number of anilines is 2. The lowest BCUT2D eigenvalue weighted by Crippen LogP contribution is -2.17. The Morgan fingerprint density at radius 1 is 1.19 bits per heavy atom. The van der Waals surface area contributed by atoms with Gasteiger partial charge < -0.3 is 20.1 Å². The number of aromatic nitrogens is 1. The first-order chi connectivity index (χ1) is 12.1. The van der Waals surface area contributed by atoms with Crippen molar-refractivity contribution >= 4 is 39.8 Å². The predicted molar refractivity (Wildman–Crippen MR) is 86.6 cm³/mol. The van der Waals surface area contributed by atoms with Crippen molar-refractivity contribution in [1.29, 1.82) is 0 Å². The number of fused-ring (bicyclic) bond motifs is 1. The van der Waals surface area contributed by atoms with Crippen molar-refractivity contribution in [3.8, 4) is 5.75 Å². The van der Waals surface area contributed by atoms with Crippen molar-refractivity contribution in [3.05, 3.63) is 52.9 Å². The summed E-state index contributed by atoms with van der Waals surface area (Å²) < 4.78 is 54.4. The fraction of sp³-hybridized carbons (Fsp3) is 0.0625. The van der Waals surface area contributed by atoms with Crippen LogP contribution < -0.4 is 10.1 Å². The minimum Gasteiger partial charge on any atom is -0.477 e. The smallest absolute Gasteiger partial charge is 0.477 e. The van der Waals surface area contributed by atoms with Gasteiger partial charge in [0.25, 0.3) is 0 Å². The van der Waals surface area contributed by atoms with Crippen LogP contribution in [0.15, 0.2) is 36.4 Å². The molecule has 3 rings (SSSR count). The highest BCUT2D eigenvalue weighted by Gasteiger charge is 2.32. The molecule has 3 N–H and O–H groups in total. The first kappa shape index (κ1) is 17.9. The third kappa shape index (κ3) is 3.67. The Hall–Kier alpha value is -2.94. The van der Waals surface area contributed by atoms with Gasteiger partial charge in [-0.3, -0.25) is 0 Å². The molecule has 0 aliphatic heterocycles. The molecule has 0 bridgehead atoms. The number of halogens is 5. The number of alkyl halides is 3. The number of ether oxygens (including phenoxy) is 1. The fourth-order valence-corrected chi connectivity index (χ4v) is 2.57. The highest BCUT2D eigenvalue weighted by atomic mass is 35.5. The number of aromatic carboxylic acids is 1. The Morgan fingerprint density at radius 3 is 2.54 bits per heavy atom. The van der Waals surface area contributed by atoms with Crippen molar-refractivity contribution < 1.29 is 32.2 Å². The molecule has 5 nitrogen and oxygen atoms in total. The molecular formula is C16H9ClF4N2O3. The third-order valence-corrected chi connectivity index (χ3v) is 3.71. The number of aromatic amines is 1. The van der Waals surface area contributed by atoms with E-state index in [2.05, 4.69) is 15.0 Å². The van der Waals surface area contributed by atoms with Crippen molar-refractivity contribution in [3.63, 3.8) is 0 Å². The van der Waals surface area contributed by atoms with Crippen molar-refractivity contribution in [2.45, 2.75) is 6.36 Å². The van der Waals surface area contributed by atoms with Crippen molar-refractivity contribution in [1.82, 2.24) is 4.98 Å². The molecule has 0 radical (unpaired) electrons. The minimum atomic E-state index is -4.87. The number of hydrogen-bond donors (Lipinski definition) is 3. The number of benzene rings is 2. The average Bonchev–Trinajstić information content (AvgIpc) is 2.98. The van der Waals surface area contributed by atoms with Gasteiger partial charge in [0.1, 0.15) is 17.3 Å². The molecule has 3 aromatic rings. The summed E-state index contributed by atoms with van der Waals surface area (Å²) in [6, 6.07) is 7.24. The molecule has 10 heteroatoms. The Morgan fingerprint density at radius 2 is 1.92 bits per heavy atom. The summed E-state index contributed by atoms with van der Waals surface area (Å²) in [6.07, 6.45) is -4.87. The second-order valence-electron chi connectivity index (χ2n) is 5.19. The van der Waals surface area contributed by atoms with Crippen LogP contribution in [0.1, 0.15) is 10.5 Å². The second kappa shape index (κ2) is 6.41. The molecule has 0 aliphatic carbocycles. The molecule has 2 aromatic carbocycles.